The largest absolute Gasteiger partial charge is 0.385 e. The number of hydrogen-bond donors (Lipinski definition) is 3. The fourth-order valence-corrected chi connectivity index (χ4v) is 4.82. The highest BCUT2D eigenvalue weighted by atomic mass is 19.1. The molecule has 28 heavy (non-hydrogen) atoms. The third-order valence-corrected chi connectivity index (χ3v) is 6.45. The van der Waals surface area contributed by atoms with Crippen LogP contribution >= 0.6 is 0 Å². The zero-order chi connectivity index (χ0) is 20.0. The summed E-state index contributed by atoms with van der Waals surface area (Å²) in [4.78, 5) is 0. The Kier molecular flexibility index (Phi) is 7.26. The molecule has 0 saturated carbocycles. The van der Waals surface area contributed by atoms with Crippen molar-refractivity contribution >= 4 is 5.57 Å². The number of aliphatic hydroxyl groups is 1. The summed E-state index contributed by atoms with van der Waals surface area (Å²) < 4.78 is 20.2. The summed E-state index contributed by atoms with van der Waals surface area (Å²) in [5, 5.41) is 15.5. The van der Waals surface area contributed by atoms with Gasteiger partial charge in [0, 0.05) is 25.8 Å². The van der Waals surface area contributed by atoms with Gasteiger partial charge in [0.2, 0.25) is 0 Å². The Morgan fingerprint density at radius 1 is 1.29 bits per heavy atom. The molecule has 2 unspecified atom stereocenters. The molecule has 0 spiro atoms. The SMILES string of the molecule is COCCCCC(O)(c1cccc(F)c1C1=CCCCC1)C1(N)CCCNC1. The van der Waals surface area contributed by atoms with Gasteiger partial charge in [-0.1, -0.05) is 18.2 Å². The molecule has 1 saturated heterocycles. The Balaban J connectivity index is 2.05. The number of halogens is 1. The molecule has 1 aromatic rings. The lowest BCUT2D eigenvalue weighted by atomic mass is 9.67. The van der Waals surface area contributed by atoms with Crippen LogP contribution in [-0.4, -0.2) is 37.5 Å². The highest BCUT2D eigenvalue weighted by Gasteiger charge is 2.50. The fraction of sp³-hybridized carbons (Fsp3) is 0.652. The van der Waals surface area contributed by atoms with E-state index in [0.717, 1.165) is 63.5 Å². The van der Waals surface area contributed by atoms with Crippen molar-refractivity contribution in [1.29, 1.82) is 0 Å². The van der Waals surface area contributed by atoms with Gasteiger partial charge < -0.3 is 20.9 Å². The normalized spacial score (nSPS) is 25.2. The van der Waals surface area contributed by atoms with E-state index in [-0.39, 0.29) is 5.82 Å². The quantitative estimate of drug-likeness (QED) is 0.590. The zero-order valence-corrected chi connectivity index (χ0v) is 17.1. The molecule has 1 aliphatic carbocycles. The minimum Gasteiger partial charge on any atom is -0.385 e. The third kappa shape index (κ3) is 4.33. The molecule has 0 bridgehead atoms. The van der Waals surface area contributed by atoms with E-state index in [0.29, 0.717) is 30.7 Å². The Labute approximate surface area is 168 Å². The van der Waals surface area contributed by atoms with E-state index in [1.54, 1.807) is 13.2 Å². The average Bonchev–Trinajstić information content (AvgIpc) is 2.72. The first-order valence-corrected chi connectivity index (χ1v) is 10.7. The summed E-state index contributed by atoms with van der Waals surface area (Å²) in [6.45, 7) is 2.08. The molecule has 0 aromatic heterocycles. The van der Waals surface area contributed by atoms with Crippen LogP contribution in [0.5, 0.6) is 0 Å². The molecule has 2 aliphatic rings. The molecule has 1 fully saturated rings. The summed E-state index contributed by atoms with van der Waals surface area (Å²) in [5.74, 6) is -0.256. The summed E-state index contributed by atoms with van der Waals surface area (Å²) in [6.07, 6.45) is 9.89. The van der Waals surface area contributed by atoms with Crippen molar-refractivity contribution in [3.8, 4) is 0 Å². The highest BCUT2D eigenvalue weighted by molar-refractivity contribution is 5.70. The van der Waals surface area contributed by atoms with Crippen molar-refractivity contribution in [2.45, 2.75) is 68.9 Å². The summed E-state index contributed by atoms with van der Waals surface area (Å²) in [6, 6.07) is 5.09. The van der Waals surface area contributed by atoms with E-state index in [1.165, 1.54) is 6.07 Å². The lowest BCUT2D eigenvalue weighted by Gasteiger charge is -2.48. The second-order valence-corrected chi connectivity index (χ2v) is 8.38. The molecule has 5 heteroatoms. The lowest BCUT2D eigenvalue weighted by molar-refractivity contribution is -0.0615. The van der Waals surface area contributed by atoms with Gasteiger partial charge in [-0.05, 0) is 81.5 Å². The van der Waals surface area contributed by atoms with E-state index in [4.69, 9.17) is 10.5 Å². The Hall–Kier alpha value is -1.27. The van der Waals surface area contributed by atoms with Gasteiger partial charge >= 0.3 is 0 Å². The molecule has 4 N–H and O–H groups in total. The summed E-state index contributed by atoms with van der Waals surface area (Å²) in [7, 11) is 1.68. The number of rotatable bonds is 8. The number of nitrogens with one attached hydrogen (secondary N) is 1. The van der Waals surface area contributed by atoms with Crippen LogP contribution in [0.4, 0.5) is 4.39 Å². The number of unbranched alkanes of at least 4 members (excludes halogenated alkanes) is 1. The van der Waals surface area contributed by atoms with Gasteiger partial charge in [0.1, 0.15) is 11.4 Å². The summed E-state index contributed by atoms with van der Waals surface area (Å²) in [5.41, 5.74) is 6.98. The monoisotopic (exact) mass is 390 g/mol. The zero-order valence-electron chi connectivity index (χ0n) is 17.1. The van der Waals surface area contributed by atoms with Crippen LogP contribution in [0.15, 0.2) is 24.3 Å². The van der Waals surface area contributed by atoms with Gasteiger partial charge in [0.25, 0.3) is 0 Å². The fourth-order valence-electron chi connectivity index (χ4n) is 4.82. The Bertz CT molecular complexity index is 685. The van der Waals surface area contributed by atoms with Gasteiger partial charge in [0.05, 0.1) is 5.54 Å². The van der Waals surface area contributed by atoms with Gasteiger partial charge in [-0.3, -0.25) is 0 Å². The van der Waals surface area contributed by atoms with E-state index in [1.807, 2.05) is 6.07 Å². The van der Waals surface area contributed by atoms with E-state index >= 15 is 4.39 Å². The van der Waals surface area contributed by atoms with Gasteiger partial charge in [0.15, 0.2) is 0 Å². The Morgan fingerprint density at radius 3 is 2.82 bits per heavy atom. The maximum atomic E-state index is 15.1. The first kappa shape index (κ1) is 21.4. The number of ether oxygens (including phenoxy) is 1. The van der Waals surface area contributed by atoms with Crippen LogP contribution in [0, 0.1) is 5.82 Å². The van der Waals surface area contributed by atoms with Gasteiger partial charge in [-0.2, -0.15) is 0 Å². The van der Waals surface area contributed by atoms with Crippen LogP contribution in [0.1, 0.15) is 68.9 Å². The highest BCUT2D eigenvalue weighted by Crippen LogP contribution is 2.44. The molecule has 4 nitrogen and oxygen atoms in total. The maximum Gasteiger partial charge on any atom is 0.131 e. The minimum absolute atomic E-state index is 0.256. The second-order valence-electron chi connectivity index (χ2n) is 8.38. The molecule has 1 aliphatic heterocycles. The maximum absolute atomic E-state index is 15.1. The van der Waals surface area contributed by atoms with Crippen molar-refractivity contribution in [2.24, 2.45) is 5.73 Å². The number of methoxy groups -OCH3 is 1. The lowest BCUT2D eigenvalue weighted by Crippen LogP contribution is -2.65. The van der Waals surface area contributed by atoms with Gasteiger partial charge in [-0.15, -0.1) is 0 Å². The molecule has 0 amide bonds. The molecular formula is C23H35FN2O2. The van der Waals surface area contributed by atoms with Crippen molar-refractivity contribution in [3.63, 3.8) is 0 Å². The summed E-state index contributed by atoms with van der Waals surface area (Å²) >= 11 is 0. The predicted molar refractivity (Wildman–Crippen MR) is 111 cm³/mol. The standard InChI is InChI=1S/C23H35FN2O2/c1-28-16-6-5-14-23(27,22(25)13-8-15-26-17-22)19-11-7-12-20(24)21(19)18-9-3-2-4-10-18/h7,9,11-12,26-27H,2-6,8,10,13-17,25H2,1H3. The van der Waals surface area contributed by atoms with Crippen LogP contribution in [-0.2, 0) is 10.3 Å². The predicted octanol–water partition coefficient (Wildman–Crippen LogP) is 3.87. The number of piperidine rings is 1. The van der Waals surface area contributed by atoms with Crippen molar-refractivity contribution in [1.82, 2.24) is 5.32 Å². The van der Waals surface area contributed by atoms with Crippen molar-refractivity contribution < 1.29 is 14.2 Å². The molecule has 156 valence electrons. The van der Waals surface area contributed by atoms with E-state index < -0.39 is 11.1 Å². The topological polar surface area (TPSA) is 67.5 Å². The molecule has 1 aromatic carbocycles. The number of allylic oxidation sites excluding steroid dienone is 2. The van der Waals surface area contributed by atoms with Crippen molar-refractivity contribution in [3.05, 3.63) is 41.2 Å². The Morgan fingerprint density at radius 2 is 2.14 bits per heavy atom. The smallest absolute Gasteiger partial charge is 0.131 e. The van der Waals surface area contributed by atoms with E-state index in [2.05, 4.69) is 11.4 Å². The molecule has 1 heterocycles. The first-order valence-electron chi connectivity index (χ1n) is 10.7. The second kappa shape index (κ2) is 9.49. The van der Waals surface area contributed by atoms with Crippen LogP contribution in [0.25, 0.3) is 5.57 Å². The minimum atomic E-state index is -1.29. The van der Waals surface area contributed by atoms with Crippen LogP contribution in [0.2, 0.25) is 0 Å². The van der Waals surface area contributed by atoms with Crippen LogP contribution < -0.4 is 11.1 Å². The molecule has 2 atom stereocenters. The van der Waals surface area contributed by atoms with Crippen molar-refractivity contribution in [2.75, 3.05) is 26.8 Å². The van der Waals surface area contributed by atoms with E-state index in [9.17, 15) is 5.11 Å². The van der Waals surface area contributed by atoms with Crippen LogP contribution in [0.3, 0.4) is 0 Å². The number of nitrogens with two attached hydrogens (primary N) is 1. The number of benzene rings is 1. The first-order chi connectivity index (χ1) is 13.5. The number of hydrogen-bond acceptors (Lipinski definition) is 4. The molecular weight excluding hydrogens is 355 g/mol. The average molecular weight is 391 g/mol. The molecule has 0 radical (unpaired) electrons. The van der Waals surface area contributed by atoms with Gasteiger partial charge in [-0.25, -0.2) is 4.39 Å². The molecule has 3 rings (SSSR count). The third-order valence-electron chi connectivity index (χ3n) is 6.45.